The van der Waals surface area contributed by atoms with Gasteiger partial charge in [0.15, 0.2) is 0 Å². The Bertz CT molecular complexity index is 392. The van der Waals surface area contributed by atoms with Crippen LogP contribution in [-0.2, 0) is 4.74 Å². The van der Waals surface area contributed by atoms with E-state index in [9.17, 15) is 0 Å². The number of rotatable bonds is 7. The fraction of sp³-hybridized carbons (Fsp3) is 0.667. The highest BCUT2D eigenvalue weighted by atomic mass is 16.5. The van der Waals surface area contributed by atoms with Gasteiger partial charge in [0, 0.05) is 38.9 Å². The Labute approximate surface area is 121 Å². The standard InChI is InChI=1S/C15H25N3O2/c1-13(2)12-19-7-8-20-15-9-14(10-17-11-15)18-5-3-16-4-6-18/h9-11,13,16H,3-8,12H2,1-2H3. The van der Waals surface area contributed by atoms with Crippen molar-refractivity contribution in [3.05, 3.63) is 18.5 Å². The predicted molar refractivity (Wildman–Crippen MR) is 80.5 cm³/mol. The summed E-state index contributed by atoms with van der Waals surface area (Å²) in [7, 11) is 0. The largest absolute Gasteiger partial charge is 0.489 e. The lowest BCUT2D eigenvalue weighted by Gasteiger charge is -2.29. The van der Waals surface area contributed by atoms with Crippen LogP contribution in [0.1, 0.15) is 13.8 Å². The van der Waals surface area contributed by atoms with Crippen molar-refractivity contribution < 1.29 is 9.47 Å². The van der Waals surface area contributed by atoms with Crippen LogP contribution in [0.25, 0.3) is 0 Å². The maximum absolute atomic E-state index is 5.69. The topological polar surface area (TPSA) is 46.6 Å². The minimum Gasteiger partial charge on any atom is -0.489 e. The average Bonchev–Trinajstić information content (AvgIpc) is 2.48. The van der Waals surface area contributed by atoms with Gasteiger partial charge in [-0.2, -0.15) is 0 Å². The summed E-state index contributed by atoms with van der Waals surface area (Å²) < 4.78 is 11.2. The minimum atomic E-state index is 0.563. The third kappa shape index (κ3) is 4.98. The molecule has 0 amide bonds. The molecule has 0 aliphatic carbocycles. The van der Waals surface area contributed by atoms with E-state index in [1.165, 1.54) is 0 Å². The van der Waals surface area contributed by atoms with Crippen LogP contribution in [0.4, 0.5) is 5.69 Å². The van der Waals surface area contributed by atoms with Crippen LogP contribution in [0, 0.1) is 5.92 Å². The van der Waals surface area contributed by atoms with Crippen LogP contribution < -0.4 is 15.0 Å². The van der Waals surface area contributed by atoms with Crippen LogP contribution >= 0.6 is 0 Å². The highest BCUT2D eigenvalue weighted by Gasteiger charge is 2.11. The van der Waals surface area contributed by atoms with Crippen LogP contribution in [0.5, 0.6) is 5.75 Å². The van der Waals surface area contributed by atoms with Crippen molar-refractivity contribution >= 4 is 5.69 Å². The van der Waals surface area contributed by atoms with Gasteiger partial charge in [0.25, 0.3) is 0 Å². The molecule has 5 heteroatoms. The molecule has 1 N–H and O–H groups in total. The zero-order valence-corrected chi connectivity index (χ0v) is 12.5. The molecule has 112 valence electrons. The van der Waals surface area contributed by atoms with E-state index in [1.807, 2.05) is 6.20 Å². The molecule has 1 aromatic rings. The van der Waals surface area contributed by atoms with E-state index in [0.29, 0.717) is 19.1 Å². The summed E-state index contributed by atoms with van der Waals surface area (Å²) in [4.78, 5) is 6.58. The second-order valence-corrected chi connectivity index (χ2v) is 5.43. The molecule has 20 heavy (non-hydrogen) atoms. The predicted octanol–water partition coefficient (Wildman–Crippen LogP) is 1.54. The zero-order chi connectivity index (χ0) is 14.2. The van der Waals surface area contributed by atoms with Gasteiger partial charge in [0.1, 0.15) is 12.4 Å². The van der Waals surface area contributed by atoms with Gasteiger partial charge in [-0.3, -0.25) is 4.98 Å². The molecule has 0 bridgehead atoms. The normalized spacial score (nSPS) is 15.7. The summed E-state index contributed by atoms with van der Waals surface area (Å²) in [5.41, 5.74) is 1.13. The molecule has 2 heterocycles. The van der Waals surface area contributed by atoms with Gasteiger partial charge in [-0.1, -0.05) is 13.8 Å². The molecule has 5 nitrogen and oxygen atoms in total. The van der Waals surface area contributed by atoms with E-state index >= 15 is 0 Å². The van der Waals surface area contributed by atoms with Gasteiger partial charge in [0.05, 0.1) is 24.7 Å². The number of ether oxygens (including phenoxy) is 2. The number of hydrogen-bond acceptors (Lipinski definition) is 5. The molecule has 0 atom stereocenters. The number of anilines is 1. The number of hydrogen-bond donors (Lipinski definition) is 1. The van der Waals surface area contributed by atoms with E-state index in [4.69, 9.17) is 9.47 Å². The highest BCUT2D eigenvalue weighted by molar-refractivity contribution is 5.48. The number of nitrogens with one attached hydrogen (secondary N) is 1. The second kappa shape index (κ2) is 8.07. The van der Waals surface area contributed by atoms with E-state index in [2.05, 4.69) is 35.1 Å². The molecule has 1 fully saturated rings. The molecule has 0 aromatic carbocycles. The first-order chi connectivity index (χ1) is 9.75. The van der Waals surface area contributed by atoms with E-state index < -0.39 is 0 Å². The van der Waals surface area contributed by atoms with Crippen molar-refractivity contribution in [3.63, 3.8) is 0 Å². The molecule has 1 aliphatic rings. The number of aromatic nitrogens is 1. The van der Waals surface area contributed by atoms with Crippen molar-refractivity contribution in [1.29, 1.82) is 0 Å². The molecule has 1 saturated heterocycles. The van der Waals surface area contributed by atoms with Crippen LogP contribution in [0.15, 0.2) is 18.5 Å². The third-order valence-corrected chi connectivity index (χ3v) is 3.13. The quantitative estimate of drug-likeness (QED) is 0.767. The first-order valence-electron chi connectivity index (χ1n) is 7.37. The second-order valence-electron chi connectivity index (χ2n) is 5.43. The monoisotopic (exact) mass is 279 g/mol. The maximum Gasteiger partial charge on any atom is 0.139 e. The summed E-state index contributed by atoms with van der Waals surface area (Å²) in [5, 5.41) is 3.35. The van der Waals surface area contributed by atoms with Crippen molar-refractivity contribution in [2.75, 3.05) is 50.9 Å². The Morgan fingerprint density at radius 1 is 1.25 bits per heavy atom. The Kier molecular flexibility index (Phi) is 6.08. The highest BCUT2D eigenvalue weighted by Crippen LogP contribution is 2.19. The summed E-state index contributed by atoms with van der Waals surface area (Å²) in [6.07, 6.45) is 3.65. The maximum atomic E-state index is 5.69. The lowest BCUT2D eigenvalue weighted by atomic mass is 10.2. The summed E-state index contributed by atoms with van der Waals surface area (Å²) in [5.74, 6) is 1.38. The van der Waals surface area contributed by atoms with Gasteiger partial charge in [-0.05, 0) is 5.92 Å². The van der Waals surface area contributed by atoms with Crippen LogP contribution in [0.2, 0.25) is 0 Å². The van der Waals surface area contributed by atoms with E-state index in [-0.39, 0.29) is 0 Å². The van der Waals surface area contributed by atoms with Gasteiger partial charge in [-0.15, -0.1) is 0 Å². The van der Waals surface area contributed by atoms with Crippen molar-refractivity contribution in [2.24, 2.45) is 5.92 Å². The number of piperazine rings is 1. The average molecular weight is 279 g/mol. The lowest BCUT2D eigenvalue weighted by Crippen LogP contribution is -2.43. The van der Waals surface area contributed by atoms with Gasteiger partial charge >= 0.3 is 0 Å². The molecule has 0 radical (unpaired) electrons. The lowest BCUT2D eigenvalue weighted by molar-refractivity contribution is 0.0818. The molecule has 1 aromatic heterocycles. The zero-order valence-electron chi connectivity index (χ0n) is 12.5. The summed E-state index contributed by atoms with van der Waals surface area (Å²) in [6, 6.07) is 2.06. The van der Waals surface area contributed by atoms with Crippen LogP contribution in [-0.4, -0.2) is 51.0 Å². The van der Waals surface area contributed by atoms with Gasteiger partial charge < -0.3 is 19.7 Å². The molecule has 1 aliphatic heterocycles. The van der Waals surface area contributed by atoms with Crippen molar-refractivity contribution in [3.8, 4) is 5.75 Å². The molecule has 2 rings (SSSR count). The van der Waals surface area contributed by atoms with Gasteiger partial charge in [0.2, 0.25) is 0 Å². The Hall–Kier alpha value is -1.33. The summed E-state index contributed by atoms with van der Waals surface area (Å²) >= 11 is 0. The van der Waals surface area contributed by atoms with Crippen LogP contribution in [0.3, 0.4) is 0 Å². The molecular formula is C15H25N3O2. The van der Waals surface area contributed by atoms with Crippen molar-refractivity contribution in [2.45, 2.75) is 13.8 Å². The van der Waals surface area contributed by atoms with Gasteiger partial charge in [-0.25, -0.2) is 0 Å². The molecule has 0 saturated carbocycles. The molecule has 0 spiro atoms. The van der Waals surface area contributed by atoms with Crippen molar-refractivity contribution in [1.82, 2.24) is 10.3 Å². The number of nitrogens with zero attached hydrogens (tertiary/aromatic N) is 2. The first-order valence-corrected chi connectivity index (χ1v) is 7.37. The Morgan fingerprint density at radius 3 is 2.80 bits per heavy atom. The first kappa shape index (κ1) is 15.1. The smallest absolute Gasteiger partial charge is 0.139 e. The fourth-order valence-electron chi connectivity index (χ4n) is 2.12. The SMILES string of the molecule is CC(C)COCCOc1cncc(N2CCNCC2)c1. The van der Waals surface area contributed by atoms with E-state index in [1.54, 1.807) is 6.20 Å². The molecular weight excluding hydrogens is 254 g/mol. The fourth-order valence-corrected chi connectivity index (χ4v) is 2.12. The Morgan fingerprint density at radius 2 is 2.05 bits per heavy atom. The Balaban J connectivity index is 1.77. The number of pyridine rings is 1. The minimum absolute atomic E-state index is 0.563. The summed E-state index contributed by atoms with van der Waals surface area (Å²) in [6.45, 7) is 10.3. The van der Waals surface area contributed by atoms with E-state index in [0.717, 1.165) is 44.2 Å². The third-order valence-electron chi connectivity index (χ3n) is 3.13. The molecule has 0 unspecified atom stereocenters.